The monoisotopic (exact) mass is 489 g/mol. The molecule has 1 fully saturated rings. The second-order valence-corrected chi connectivity index (χ2v) is 10.4. The van der Waals surface area contributed by atoms with Gasteiger partial charge >= 0.3 is 0 Å². The standard InChI is InChI=1S/C27H35N7O2/c1-16(2)23-25(19-12-21(36-6)27-28-15-29-34(27)13-19)30-20-11-17(3)24(31-26(20)23)18-7-9-33(10-8-18)22(35)14-32(4)5/h11-13,15-16,18,30H,7-10,14H2,1-6H3. The number of fused-ring (bicyclic) bond motifs is 2. The number of H-pyrrole nitrogens is 1. The van der Waals surface area contributed by atoms with Gasteiger partial charge in [0, 0.05) is 42.0 Å². The van der Waals surface area contributed by atoms with Crippen LogP contribution in [0, 0.1) is 6.92 Å². The molecule has 0 radical (unpaired) electrons. The van der Waals surface area contributed by atoms with Crippen molar-refractivity contribution >= 4 is 22.6 Å². The van der Waals surface area contributed by atoms with Gasteiger partial charge in [-0.1, -0.05) is 13.8 Å². The van der Waals surface area contributed by atoms with Crippen LogP contribution in [0.1, 0.15) is 55.3 Å². The number of piperidine rings is 1. The van der Waals surface area contributed by atoms with Crippen LogP contribution in [0.3, 0.4) is 0 Å². The van der Waals surface area contributed by atoms with E-state index in [2.05, 4.69) is 41.9 Å². The van der Waals surface area contributed by atoms with E-state index < -0.39 is 0 Å². The third-order valence-electron chi connectivity index (χ3n) is 7.15. The minimum atomic E-state index is 0.204. The number of likely N-dealkylation sites (tertiary alicyclic amines) is 1. The number of likely N-dealkylation sites (N-methyl/N-ethyl adjacent to an activating group) is 1. The molecule has 0 aliphatic carbocycles. The lowest BCUT2D eigenvalue weighted by Gasteiger charge is -2.33. The zero-order valence-corrected chi connectivity index (χ0v) is 22.0. The van der Waals surface area contributed by atoms with Crippen LogP contribution in [0.2, 0.25) is 0 Å². The summed E-state index contributed by atoms with van der Waals surface area (Å²) in [5, 5.41) is 4.33. The van der Waals surface area contributed by atoms with Crippen molar-refractivity contribution in [3.63, 3.8) is 0 Å². The molecule has 1 aliphatic rings. The summed E-state index contributed by atoms with van der Waals surface area (Å²) >= 11 is 0. The molecule has 0 atom stereocenters. The Hall–Kier alpha value is -3.46. The van der Waals surface area contributed by atoms with Crippen molar-refractivity contribution in [1.82, 2.24) is 34.4 Å². The van der Waals surface area contributed by atoms with Crippen LogP contribution in [-0.2, 0) is 4.79 Å². The van der Waals surface area contributed by atoms with Crippen LogP contribution < -0.4 is 4.74 Å². The second-order valence-electron chi connectivity index (χ2n) is 10.4. The molecule has 36 heavy (non-hydrogen) atoms. The van der Waals surface area contributed by atoms with Crippen LogP contribution >= 0.6 is 0 Å². The molecular weight excluding hydrogens is 454 g/mol. The lowest BCUT2D eigenvalue weighted by atomic mass is 9.90. The van der Waals surface area contributed by atoms with Crippen molar-refractivity contribution in [3.05, 3.63) is 41.5 Å². The quantitative estimate of drug-likeness (QED) is 0.441. The van der Waals surface area contributed by atoms with Gasteiger partial charge in [0.15, 0.2) is 11.4 Å². The molecule has 1 saturated heterocycles. The minimum Gasteiger partial charge on any atom is -0.493 e. The Bertz CT molecular complexity index is 1410. The first-order chi connectivity index (χ1) is 17.3. The molecule has 1 N–H and O–H groups in total. The van der Waals surface area contributed by atoms with Crippen molar-refractivity contribution in [2.75, 3.05) is 40.8 Å². The maximum atomic E-state index is 12.5. The van der Waals surface area contributed by atoms with Crippen LogP contribution in [-0.4, -0.2) is 81.1 Å². The van der Waals surface area contributed by atoms with E-state index in [1.807, 2.05) is 36.2 Å². The third-order valence-corrected chi connectivity index (χ3v) is 7.15. The number of ether oxygens (including phenoxy) is 1. The lowest BCUT2D eigenvalue weighted by molar-refractivity contribution is -0.132. The largest absolute Gasteiger partial charge is 0.493 e. The maximum absolute atomic E-state index is 12.5. The van der Waals surface area contributed by atoms with Crippen LogP contribution in [0.25, 0.3) is 27.9 Å². The first-order valence-corrected chi connectivity index (χ1v) is 12.6. The number of aryl methyl sites for hydroxylation is 1. The number of carbonyl (C=O) groups excluding carboxylic acids is 1. The second kappa shape index (κ2) is 9.54. The number of methoxy groups -OCH3 is 1. The number of pyridine rings is 2. The average molecular weight is 490 g/mol. The number of nitrogens with zero attached hydrogens (tertiary/aromatic N) is 6. The van der Waals surface area contributed by atoms with E-state index in [0.717, 1.165) is 53.9 Å². The Kier molecular flexibility index (Phi) is 6.42. The Morgan fingerprint density at radius 2 is 2.00 bits per heavy atom. The molecule has 0 unspecified atom stereocenters. The molecule has 0 aromatic carbocycles. The summed E-state index contributed by atoms with van der Waals surface area (Å²) in [7, 11) is 5.52. The predicted molar refractivity (Wildman–Crippen MR) is 141 cm³/mol. The third kappa shape index (κ3) is 4.32. The highest BCUT2D eigenvalue weighted by atomic mass is 16.5. The van der Waals surface area contributed by atoms with Gasteiger partial charge in [0.25, 0.3) is 0 Å². The molecule has 0 saturated carbocycles. The topological polar surface area (TPSA) is 91.7 Å². The van der Waals surface area contributed by atoms with Gasteiger partial charge in [-0.3, -0.25) is 9.78 Å². The number of nitrogens with one attached hydrogen (secondary N) is 1. The molecule has 9 nitrogen and oxygen atoms in total. The van der Waals surface area contributed by atoms with Crippen molar-refractivity contribution in [1.29, 1.82) is 0 Å². The maximum Gasteiger partial charge on any atom is 0.236 e. The summed E-state index contributed by atoms with van der Waals surface area (Å²) in [6.07, 6.45) is 5.39. The Morgan fingerprint density at radius 1 is 1.25 bits per heavy atom. The van der Waals surface area contributed by atoms with Crippen molar-refractivity contribution in [3.8, 4) is 17.0 Å². The summed E-state index contributed by atoms with van der Waals surface area (Å²) in [4.78, 5) is 29.7. The van der Waals surface area contributed by atoms with E-state index in [9.17, 15) is 4.79 Å². The van der Waals surface area contributed by atoms with Crippen molar-refractivity contribution < 1.29 is 9.53 Å². The lowest BCUT2D eigenvalue weighted by Crippen LogP contribution is -2.42. The van der Waals surface area contributed by atoms with Crippen molar-refractivity contribution in [2.24, 2.45) is 0 Å². The van der Waals surface area contributed by atoms with Gasteiger partial charge in [-0.05, 0) is 57.5 Å². The molecule has 9 heteroatoms. The molecular formula is C27H35N7O2. The number of rotatable bonds is 6. The van der Waals surface area contributed by atoms with Gasteiger partial charge in [-0.2, -0.15) is 5.10 Å². The highest BCUT2D eigenvalue weighted by Crippen LogP contribution is 2.38. The summed E-state index contributed by atoms with van der Waals surface area (Å²) in [5.41, 5.74) is 8.28. The number of aromatic nitrogens is 5. The normalized spacial score (nSPS) is 15.1. The Morgan fingerprint density at radius 3 is 2.67 bits per heavy atom. The number of hydrogen-bond donors (Lipinski definition) is 1. The molecule has 1 amide bonds. The average Bonchev–Trinajstić information content (AvgIpc) is 3.47. The highest BCUT2D eigenvalue weighted by Gasteiger charge is 2.27. The summed E-state index contributed by atoms with van der Waals surface area (Å²) in [5.74, 6) is 1.50. The molecule has 4 aromatic heterocycles. The van der Waals surface area contributed by atoms with E-state index >= 15 is 0 Å². The van der Waals surface area contributed by atoms with Gasteiger partial charge in [0.05, 0.1) is 30.4 Å². The first-order valence-electron chi connectivity index (χ1n) is 12.6. The van der Waals surface area contributed by atoms with E-state index in [-0.39, 0.29) is 11.8 Å². The van der Waals surface area contributed by atoms with Gasteiger partial charge in [-0.25, -0.2) is 9.50 Å². The first kappa shape index (κ1) is 24.2. The van der Waals surface area contributed by atoms with Gasteiger partial charge < -0.3 is 19.5 Å². The fourth-order valence-electron chi connectivity index (χ4n) is 5.41. The minimum absolute atomic E-state index is 0.204. The number of aromatic amines is 1. The molecule has 4 aromatic rings. The van der Waals surface area contributed by atoms with E-state index in [0.29, 0.717) is 23.9 Å². The predicted octanol–water partition coefficient (Wildman–Crippen LogP) is 3.98. The summed E-state index contributed by atoms with van der Waals surface area (Å²) in [6.45, 7) is 8.57. The van der Waals surface area contributed by atoms with E-state index in [1.165, 1.54) is 17.5 Å². The zero-order chi connectivity index (χ0) is 25.6. The molecule has 5 rings (SSSR count). The molecule has 5 heterocycles. The number of amides is 1. The smallest absolute Gasteiger partial charge is 0.236 e. The van der Waals surface area contributed by atoms with Gasteiger partial charge in [0.2, 0.25) is 5.91 Å². The molecule has 1 aliphatic heterocycles. The fraction of sp³-hybridized carbons (Fsp3) is 0.481. The Balaban J connectivity index is 1.52. The van der Waals surface area contributed by atoms with Gasteiger partial charge in [-0.15, -0.1) is 0 Å². The van der Waals surface area contributed by atoms with Crippen LogP contribution in [0.15, 0.2) is 24.7 Å². The van der Waals surface area contributed by atoms with Crippen molar-refractivity contribution in [2.45, 2.75) is 45.4 Å². The van der Waals surface area contributed by atoms with Gasteiger partial charge in [0.1, 0.15) is 6.33 Å². The number of carbonyl (C=O) groups is 1. The van der Waals surface area contributed by atoms with E-state index in [4.69, 9.17) is 9.72 Å². The number of hydrogen-bond acceptors (Lipinski definition) is 6. The molecule has 190 valence electrons. The highest BCUT2D eigenvalue weighted by molar-refractivity contribution is 5.89. The Labute approximate surface area is 211 Å². The van der Waals surface area contributed by atoms with Crippen LogP contribution in [0.5, 0.6) is 5.75 Å². The zero-order valence-electron chi connectivity index (χ0n) is 22.0. The summed E-state index contributed by atoms with van der Waals surface area (Å²) in [6, 6.07) is 4.23. The SMILES string of the molecule is COc1cc(-c2[nH]c3cc(C)c(C4CCN(C(=O)CN(C)C)CC4)nc3c2C(C)C)cn2ncnc12. The molecule has 0 spiro atoms. The van der Waals surface area contributed by atoms with E-state index in [1.54, 1.807) is 11.6 Å². The van der Waals surface area contributed by atoms with Crippen LogP contribution in [0.4, 0.5) is 0 Å². The fourth-order valence-corrected chi connectivity index (χ4v) is 5.41. The summed E-state index contributed by atoms with van der Waals surface area (Å²) < 4.78 is 7.35. The molecule has 0 bridgehead atoms.